The zero-order valence-corrected chi connectivity index (χ0v) is 18.7. The second-order valence-electron chi connectivity index (χ2n) is 7.74. The standard InChI is InChI=1S/C23H26N4O3S/c1-16-13-21(30-3)22(14-17(16)2)31(28,29)26-19-8-6-7-18(15-19)20-9-10-23(25-24-20)27-11-4-5-12-27/h6-10,13-15,26H,4-5,11-12H2,1-3H3. The molecule has 31 heavy (non-hydrogen) atoms. The molecule has 2 aromatic carbocycles. The van der Waals surface area contributed by atoms with E-state index in [1.165, 1.54) is 20.0 Å². The summed E-state index contributed by atoms with van der Waals surface area (Å²) in [7, 11) is -2.36. The molecule has 1 aliphatic rings. The molecular formula is C23H26N4O3S. The number of ether oxygens (including phenoxy) is 1. The largest absolute Gasteiger partial charge is 0.495 e. The van der Waals surface area contributed by atoms with Crippen LogP contribution in [0.2, 0.25) is 0 Å². The number of methoxy groups -OCH3 is 1. The van der Waals surface area contributed by atoms with E-state index in [1.807, 2.05) is 32.0 Å². The summed E-state index contributed by atoms with van der Waals surface area (Å²) in [4.78, 5) is 2.33. The molecule has 3 aromatic rings. The van der Waals surface area contributed by atoms with Crippen LogP contribution < -0.4 is 14.4 Å². The van der Waals surface area contributed by atoms with Crippen LogP contribution in [0.25, 0.3) is 11.3 Å². The fraction of sp³-hybridized carbons (Fsp3) is 0.304. The number of rotatable bonds is 6. The van der Waals surface area contributed by atoms with Gasteiger partial charge in [-0.05, 0) is 74.2 Å². The summed E-state index contributed by atoms with van der Waals surface area (Å²) in [5.74, 6) is 1.19. The molecule has 2 heterocycles. The van der Waals surface area contributed by atoms with Crippen LogP contribution in [0.15, 0.2) is 53.4 Å². The monoisotopic (exact) mass is 438 g/mol. The van der Waals surface area contributed by atoms with Crippen LogP contribution >= 0.6 is 0 Å². The maximum atomic E-state index is 13.1. The molecule has 162 valence electrons. The molecule has 0 spiro atoms. The van der Waals surface area contributed by atoms with Gasteiger partial charge in [0.1, 0.15) is 10.6 Å². The third-order valence-corrected chi connectivity index (χ3v) is 6.96. The van der Waals surface area contributed by atoms with Gasteiger partial charge in [0.2, 0.25) is 0 Å². The first-order valence-electron chi connectivity index (χ1n) is 10.2. The summed E-state index contributed by atoms with van der Waals surface area (Å²) in [6.07, 6.45) is 2.35. The number of sulfonamides is 1. The van der Waals surface area contributed by atoms with Crippen LogP contribution in [0, 0.1) is 13.8 Å². The van der Waals surface area contributed by atoms with Crippen molar-refractivity contribution in [3.8, 4) is 17.0 Å². The number of benzene rings is 2. The van der Waals surface area contributed by atoms with E-state index >= 15 is 0 Å². The highest BCUT2D eigenvalue weighted by Crippen LogP contribution is 2.30. The van der Waals surface area contributed by atoms with Crippen LogP contribution in [0.1, 0.15) is 24.0 Å². The van der Waals surface area contributed by atoms with Crippen molar-refractivity contribution < 1.29 is 13.2 Å². The predicted octanol–water partition coefficient (Wildman–Crippen LogP) is 4.17. The molecule has 0 amide bonds. The third-order valence-electron chi connectivity index (χ3n) is 5.56. The van der Waals surface area contributed by atoms with Gasteiger partial charge in [-0.2, -0.15) is 0 Å². The zero-order chi connectivity index (χ0) is 22.0. The Morgan fingerprint density at radius 1 is 0.968 bits per heavy atom. The van der Waals surface area contributed by atoms with Crippen LogP contribution in [-0.2, 0) is 10.0 Å². The SMILES string of the molecule is COc1cc(C)c(C)cc1S(=O)(=O)Nc1cccc(-c2ccc(N3CCCC3)nn2)c1. The molecule has 0 saturated carbocycles. The topological polar surface area (TPSA) is 84.4 Å². The van der Waals surface area contributed by atoms with Crippen LogP contribution in [0.5, 0.6) is 5.75 Å². The minimum Gasteiger partial charge on any atom is -0.495 e. The second-order valence-corrected chi connectivity index (χ2v) is 9.40. The highest BCUT2D eigenvalue weighted by molar-refractivity contribution is 7.92. The molecule has 1 N–H and O–H groups in total. The lowest BCUT2D eigenvalue weighted by molar-refractivity contribution is 0.402. The second kappa shape index (κ2) is 8.55. The quantitative estimate of drug-likeness (QED) is 0.622. The molecule has 0 atom stereocenters. The Balaban J connectivity index is 1.59. The van der Waals surface area contributed by atoms with Crippen molar-refractivity contribution in [1.29, 1.82) is 0 Å². The van der Waals surface area contributed by atoms with Crippen LogP contribution in [0.3, 0.4) is 0 Å². The molecule has 1 saturated heterocycles. The van der Waals surface area contributed by atoms with Gasteiger partial charge >= 0.3 is 0 Å². The number of anilines is 2. The molecular weight excluding hydrogens is 412 g/mol. The minimum atomic E-state index is -3.83. The normalized spacial score (nSPS) is 14.0. The smallest absolute Gasteiger partial charge is 0.265 e. The van der Waals surface area contributed by atoms with E-state index in [1.54, 1.807) is 30.3 Å². The lowest BCUT2D eigenvalue weighted by Gasteiger charge is -2.16. The highest BCUT2D eigenvalue weighted by atomic mass is 32.2. The fourth-order valence-corrected chi connectivity index (χ4v) is 4.97. The van der Waals surface area contributed by atoms with Gasteiger partial charge < -0.3 is 9.64 Å². The van der Waals surface area contributed by atoms with Crippen molar-refractivity contribution >= 4 is 21.5 Å². The summed E-state index contributed by atoms with van der Waals surface area (Å²) < 4.78 is 34.1. The van der Waals surface area contributed by atoms with Crippen molar-refractivity contribution in [2.45, 2.75) is 31.6 Å². The number of aryl methyl sites for hydroxylation is 2. The Hall–Kier alpha value is -3.13. The van der Waals surface area contributed by atoms with Crippen LogP contribution in [-0.4, -0.2) is 38.8 Å². The molecule has 0 unspecified atom stereocenters. The summed E-state index contributed by atoms with van der Waals surface area (Å²) in [6, 6.07) is 14.4. The first-order chi connectivity index (χ1) is 14.9. The van der Waals surface area contributed by atoms with Gasteiger partial charge in [0, 0.05) is 24.3 Å². The molecule has 4 rings (SSSR count). The average Bonchev–Trinajstić information content (AvgIpc) is 3.30. The van der Waals surface area contributed by atoms with Crippen molar-refractivity contribution in [1.82, 2.24) is 10.2 Å². The van der Waals surface area contributed by atoms with Crippen molar-refractivity contribution in [3.63, 3.8) is 0 Å². The Morgan fingerprint density at radius 2 is 1.71 bits per heavy atom. The molecule has 7 nitrogen and oxygen atoms in total. The van der Waals surface area contributed by atoms with E-state index in [0.29, 0.717) is 17.1 Å². The number of nitrogens with one attached hydrogen (secondary N) is 1. The van der Waals surface area contributed by atoms with Gasteiger partial charge in [0.05, 0.1) is 12.8 Å². The van der Waals surface area contributed by atoms with E-state index in [-0.39, 0.29) is 4.90 Å². The summed E-state index contributed by atoms with van der Waals surface area (Å²) in [5, 5.41) is 8.70. The first kappa shape index (κ1) is 21.1. The highest BCUT2D eigenvalue weighted by Gasteiger charge is 2.21. The van der Waals surface area contributed by atoms with E-state index in [0.717, 1.165) is 35.6 Å². The van der Waals surface area contributed by atoms with Crippen LogP contribution in [0.4, 0.5) is 11.5 Å². The van der Waals surface area contributed by atoms with Gasteiger partial charge in [-0.15, -0.1) is 10.2 Å². The molecule has 0 radical (unpaired) electrons. The fourth-order valence-electron chi connectivity index (χ4n) is 3.68. The van der Waals surface area contributed by atoms with E-state index in [2.05, 4.69) is 19.8 Å². The van der Waals surface area contributed by atoms with Gasteiger partial charge in [-0.25, -0.2) is 8.42 Å². The molecule has 8 heteroatoms. The molecule has 1 aromatic heterocycles. The lowest BCUT2D eigenvalue weighted by Crippen LogP contribution is -2.19. The van der Waals surface area contributed by atoms with Gasteiger partial charge in [0.15, 0.2) is 5.82 Å². The van der Waals surface area contributed by atoms with E-state index < -0.39 is 10.0 Å². The van der Waals surface area contributed by atoms with Gasteiger partial charge in [0.25, 0.3) is 10.0 Å². The number of hydrogen-bond donors (Lipinski definition) is 1. The number of hydrogen-bond acceptors (Lipinski definition) is 6. The van der Waals surface area contributed by atoms with Gasteiger partial charge in [-0.3, -0.25) is 4.72 Å². The molecule has 0 aliphatic carbocycles. The van der Waals surface area contributed by atoms with Crippen molar-refractivity contribution in [3.05, 3.63) is 59.7 Å². The first-order valence-corrected chi connectivity index (χ1v) is 11.7. The predicted molar refractivity (Wildman–Crippen MR) is 122 cm³/mol. The van der Waals surface area contributed by atoms with E-state index in [9.17, 15) is 8.42 Å². The molecule has 0 bridgehead atoms. The van der Waals surface area contributed by atoms with Crippen molar-refractivity contribution in [2.75, 3.05) is 29.8 Å². The summed E-state index contributed by atoms with van der Waals surface area (Å²) in [6.45, 7) is 5.81. The summed E-state index contributed by atoms with van der Waals surface area (Å²) in [5.41, 5.74) is 3.76. The summed E-state index contributed by atoms with van der Waals surface area (Å²) >= 11 is 0. The Labute approximate surface area is 183 Å². The number of aromatic nitrogens is 2. The zero-order valence-electron chi connectivity index (χ0n) is 17.9. The Morgan fingerprint density at radius 3 is 2.39 bits per heavy atom. The average molecular weight is 439 g/mol. The van der Waals surface area contributed by atoms with Gasteiger partial charge in [-0.1, -0.05) is 12.1 Å². The molecule has 1 aliphatic heterocycles. The maximum Gasteiger partial charge on any atom is 0.265 e. The molecule has 1 fully saturated rings. The minimum absolute atomic E-state index is 0.110. The van der Waals surface area contributed by atoms with E-state index in [4.69, 9.17) is 4.74 Å². The Kier molecular flexibility index (Phi) is 5.82. The number of nitrogens with zero attached hydrogens (tertiary/aromatic N) is 3. The van der Waals surface area contributed by atoms with Crippen molar-refractivity contribution in [2.24, 2.45) is 0 Å². The Bertz CT molecular complexity index is 1190. The third kappa shape index (κ3) is 4.49. The maximum absolute atomic E-state index is 13.1. The lowest BCUT2D eigenvalue weighted by atomic mass is 10.1.